The van der Waals surface area contributed by atoms with E-state index in [1.807, 2.05) is 30.3 Å². The maximum atomic E-state index is 11.0. The molecule has 0 saturated carbocycles. The summed E-state index contributed by atoms with van der Waals surface area (Å²) in [5, 5.41) is 3.02. The molecule has 78 valence electrons. The smallest absolute Gasteiger partial charge is 0.220 e. The lowest BCUT2D eigenvalue weighted by Crippen LogP contribution is -2.08. The molecule has 1 aromatic rings. The van der Waals surface area contributed by atoms with Crippen molar-refractivity contribution in [2.45, 2.75) is 17.7 Å². The van der Waals surface area contributed by atoms with Crippen LogP contribution in [-0.4, -0.2) is 10.7 Å². The summed E-state index contributed by atoms with van der Waals surface area (Å²) in [6, 6.07) is 9.82. The van der Waals surface area contributed by atoms with Crippen molar-refractivity contribution in [3.8, 4) is 0 Å². The third kappa shape index (κ3) is 4.63. The molecule has 0 aliphatic rings. The van der Waals surface area contributed by atoms with Gasteiger partial charge in [-0.1, -0.05) is 46.3 Å². The Kier molecular flexibility index (Phi) is 4.87. The first-order chi connectivity index (χ1) is 7.22. The quantitative estimate of drug-likeness (QED) is 0.358. The molecule has 0 aliphatic carbocycles. The van der Waals surface area contributed by atoms with Crippen LogP contribution >= 0.6 is 15.9 Å². The molecule has 0 radical (unpaired) electrons. The summed E-state index contributed by atoms with van der Waals surface area (Å²) in [5.41, 5.74) is 9.21. The first kappa shape index (κ1) is 11.8. The zero-order valence-corrected chi connectivity index (χ0v) is 9.59. The monoisotopic (exact) mass is 267 g/mol. The maximum Gasteiger partial charge on any atom is 0.220 e. The van der Waals surface area contributed by atoms with Gasteiger partial charge in [-0.25, -0.2) is 0 Å². The number of hydrogen-bond donors (Lipinski definition) is 0. The fourth-order valence-corrected chi connectivity index (χ4v) is 1.87. The number of carbonyl (C=O) groups is 1. The Morgan fingerprint density at radius 1 is 1.47 bits per heavy atom. The van der Waals surface area contributed by atoms with Crippen molar-refractivity contribution < 1.29 is 4.79 Å². The zero-order valence-electron chi connectivity index (χ0n) is 8.01. The van der Waals surface area contributed by atoms with Crippen LogP contribution in [0.1, 0.15) is 12.0 Å². The van der Waals surface area contributed by atoms with Gasteiger partial charge in [0.25, 0.3) is 0 Å². The molecule has 1 atom stereocenters. The number of carbonyl (C=O) groups excluding carboxylic acids is 1. The van der Waals surface area contributed by atoms with Crippen molar-refractivity contribution >= 4 is 21.8 Å². The third-order valence-electron chi connectivity index (χ3n) is 1.85. The summed E-state index contributed by atoms with van der Waals surface area (Å²) in [6.07, 6.45) is 0.965. The van der Waals surface area contributed by atoms with Gasteiger partial charge in [0.2, 0.25) is 5.91 Å². The molecule has 0 N–H and O–H groups in total. The molecular formula is C10H10BrN3O. The van der Waals surface area contributed by atoms with Crippen molar-refractivity contribution in [1.29, 1.82) is 0 Å². The van der Waals surface area contributed by atoms with Gasteiger partial charge in [0.15, 0.2) is 0 Å². The van der Waals surface area contributed by atoms with E-state index in [-0.39, 0.29) is 11.2 Å². The molecule has 0 aliphatic heterocycles. The molecule has 0 spiro atoms. The van der Waals surface area contributed by atoms with E-state index in [4.69, 9.17) is 5.53 Å². The van der Waals surface area contributed by atoms with Crippen molar-refractivity contribution in [3.63, 3.8) is 0 Å². The lowest BCUT2D eigenvalue weighted by atomic mass is 10.1. The van der Waals surface area contributed by atoms with Gasteiger partial charge in [0, 0.05) is 16.2 Å². The molecule has 0 fully saturated rings. The van der Waals surface area contributed by atoms with Crippen LogP contribution in [-0.2, 0) is 11.2 Å². The van der Waals surface area contributed by atoms with Gasteiger partial charge < -0.3 is 0 Å². The summed E-state index contributed by atoms with van der Waals surface area (Å²) in [6.45, 7) is 0. The minimum Gasteiger partial charge on any atom is -0.293 e. The molecule has 0 aromatic heterocycles. The molecule has 4 nitrogen and oxygen atoms in total. The van der Waals surface area contributed by atoms with Crippen LogP contribution in [0.5, 0.6) is 0 Å². The number of hydrogen-bond acceptors (Lipinski definition) is 1. The molecule has 1 rings (SSSR count). The molecule has 15 heavy (non-hydrogen) atoms. The second-order valence-corrected chi connectivity index (χ2v) is 4.37. The number of azide groups is 1. The average molecular weight is 268 g/mol. The normalized spacial score (nSPS) is 11.5. The first-order valence-electron chi connectivity index (χ1n) is 4.48. The number of amides is 1. The topological polar surface area (TPSA) is 65.8 Å². The van der Waals surface area contributed by atoms with Crippen molar-refractivity contribution in [2.75, 3.05) is 0 Å². The van der Waals surface area contributed by atoms with Crippen LogP contribution < -0.4 is 0 Å². The van der Waals surface area contributed by atoms with Crippen molar-refractivity contribution in [2.24, 2.45) is 5.11 Å². The van der Waals surface area contributed by atoms with E-state index in [1.54, 1.807) is 0 Å². The van der Waals surface area contributed by atoms with Crippen LogP contribution in [0.4, 0.5) is 0 Å². The Bertz CT molecular complexity index is 374. The second kappa shape index (κ2) is 6.22. The summed E-state index contributed by atoms with van der Waals surface area (Å²) in [4.78, 5) is 13.5. The fourth-order valence-electron chi connectivity index (χ4n) is 1.22. The van der Waals surface area contributed by atoms with E-state index in [2.05, 4.69) is 26.0 Å². The van der Waals surface area contributed by atoms with E-state index in [1.165, 1.54) is 0 Å². The van der Waals surface area contributed by atoms with Crippen LogP contribution in [0, 0.1) is 0 Å². The highest BCUT2D eigenvalue weighted by molar-refractivity contribution is 9.09. The molecule has 1 aromatic carbocycles. The molecule has 0 saturated heterocycles. The highest BCUT2D eigenvalue weighted by Gasteiger charge is 2.09. The van der Waals surface area contributed by atoms with E-state index in [9.17, 15) is 4.79 Å². The molecule has 1 amide bonds. The minimum absolute atomic E-state index is 0.0119. The number of alkyl halides is 1. The van der Waals surface area contributed by atoms with Gasteiger partial charge >= 0.3 is 0 Å². The lowest BCUT2D eigenvalue weighted by molar-refractivity contribution is -0.117. The van der Waals surface area contributed by atoms with Crippen molar-refractivity contribution in [1.82, 2.24) is 0 Å². The minimum atomic E-state index is -0.435. The Labute approximate surface area is 96.1 Å². The number of benzene rings is 1. The Morgan fingerprint density at radius 2 is 2.13 bits per heavy atom. The van der Waals surface area contributed by atoms with Gasteiger partial charge in [-0.2, -0.15) is 0 Å². The predicted molar refractivity (Wildman–Crippen MR) is 61.6 cm³/mol. The maximum absolute atomic E-state index is 11.0. The standard InChI is InChI=1S/C10H10BrN3O/c11-9(7-10(15)13-14-12)6-8-4-2-1-3-5-8/h1-5,9H,6-7H2. The number of rotatable bonds is 4. The predicted octanol–water partition coefficient (Wildman–Crippen LogP) is 3.22. The SMILES string of the molecule is [N-]=[N+]=NC(=O)CC(Br)Cc1ccccc1. The van der Waals surface area contributed by atoms with Gasteiger partial charge in [-0.15, -0.1) is 0 Å². The first-order valence-corrected chi connectivity index (χ1v) is 5.40. The van der Waals surface area contributed by atoms with E-state index < -0.39 is 5.91 Å². The molecule has 0 heterocycles. The largest absolute Gasteiger partial charge is 0.293 e. The summed E-state index contributed by atoms with van der Waals surface area (Å²) < 4.78 is 0. The van der Waals surface area contributed by atoms with E-state index >= 15 is 0 Å². The molecular weight excluding hydrogens is 258 g/mol. The summed E-state index contributed by atoms with van der Waals surface area (Å²) >= 11 is 3.38. The highest BCUT2D eigenvalue weighted by Crippen LogP contribution is 2.13. The van der Waals surface area contributed by atoms with Gasteiger partial charge in [-0.3, -0.25) is 4.79 Å². The fraction of sp³-hybridized carbons (Fsp3) is 0.300. The van der Waals surface area contributed by atoms with Gasteiger partial charge in [0.1, 0.15) is 0 Å². The average Bonchev–Trinajstić information content (AvgIpc) is 2.19. The van der Waals surface area contributed by atoms with Crippen LogP contribution in [0.25, 0.3) is 10.4 Å². The van der Waals surface area contributed by atoms with E-state index in [0.29, 0.717) is 0 Å². The summed E-state index contributed by atoms with van der Waals surface area (Å²) in [7, 11) is 0. The summed E-state index contributed by atoms with van der Waals surface area (Å²) in [5.74, 6) is -0.435. The lowest BCUT2D eigenvalue weighted by Gasteiger charge is -2.06. The van der Waals surface area contributed by atoms with Gasteiger partial charge in [0.05, 0.1) is 0 Å². The second-order valence-electron chi connectivity index (χ2n) is 3.07. The number of nitrogens with zero attached hydrogens (tertiary/aromatic N) is 3. The van der Waals surface area contributed by atoms with Gasteiger partial charge in [-0.05, 0) is 22.6 Å². The number of halogens is 1. The van der Waals surface area contributed by atoms with E-state index in [0.717, 1.165) is 12.0 Å². The van der Waals surface area contributed by atoms with Crippen LogP contribution in [0.3, 0.4) is 0 Å². The zero-order chi connectivity index (χ0) is 11.1. The third-order valence-corrected chi connectivity index (χ3v) is 2.50. The molecule has 5 heteroatoms. The Morgan fingerprint density at radius 3 is 2.73 bits per heavy atom. The van der Waals surface area contributed by atoms with Crippen molar-refractivity contribution in [3.05, 3.63) is 46.3 Å². The molecule has 0 bridgehead atoms. The Balaban J connectivity index is 2.46. The molecule has 1 unspecified atom stereocenters. The Hall–Kier alpha value is -1.32. The van der Waals surface area contributed by atoms with Crippen LogP contribution in [0.15, 0.2) is 35.4 Å². The highest BCUT2D eigenvalue weighted by atomic mass is 79.9. The van der Waals surface area contributed by atoms with Crippen LogP contribution in [0.2, 0.25) is 0 Å².